The van der Waals surface area contributed by atoms with Crippen molar-refractivity contribution in [2.24, 2.45) is 0 Å². The molecule has 0 atom stereocenters. The third kappa shape index (κ3) is 6.06. The number of ether oxygens (including phenoxy) is 2. The summed E-state index contributed by atoms with van der Waals surface area (Å²) in [6.45, 7) is 1.16. The number of nitrogens with one attached hydrogen (secondary N) is 2. The van der Waals surface area contributed by atoms with Crippen LogP contribution in [0.1, 0.15) is 53.6 Å². The Kier molecular flexibility index (Phi) is 7.83. The fourth-order valence-corrected chi connectivity index (χ4v) is 5.73. The predicted molar refractivity (Wildman–Crippen MR) is 137 cm³/mol. The Hall–Kier alpha value is -3.53. The van der Waals surface area contributed by atoms with Crippen LogP contribution in [0, 0.1) is 0 Å². The van der Waals surface area contributed by atoms with Gasteiger partial charge in [-0.1, -0.05) is 55.7 Å². The number of nitrogens with zero attached hydrogens (tertiary/aromatic N) is 1. The molecule has 39 heavy (non-hydrogen) atoms. The lowest BCUT2D eigenvalue weighted by atomic mass is 9.76. The average molecular weight is 544 g/mol. The highest BCUT2D eigenvalue weighted by Gasteiger charge is 2.50. The van der Waals surface area contributed by atoms with E-state index in [9.17, 15) is 22.8 Å². The lowest BCUT2D eigenvalue weighted by molar-refractivity contribution is -0.137. The first-order chi connectivity index (χ1) is 18.7. The van der Waals surface area contributed by atoms with E-state index in [0.29, 0.717) is 19.5 Å². The number of rotatable bonds is 8. The summed E-state index contributed by atoms with van der Waals surface area (Å²) in [4.78, 5) is 27.2. The Morgan fingerprint density at radius 1 is 0.974 bits per heavy atom. The van der Waals surface area contributed by atoms with E-state index in [0.717, 1.165) is 54.9 Å². The minimum atomic E-state index is -4.55. The van der Waals surface area contributed by atoms with Gasteiger partial charge in [0.2, 0.25) is 12.7 Å². The Balaban J connectivity index is 1.17. The highest BCUT2D eigenvalue weighted by atomic mass is 19.4. The van der Waals surface area contributed by atoms with E-state index in [1.165, 1.54) is 18.6 Å². The minimum Gasteiger partial charge on any atom is -0.458 e. The zero-order chi connectivity index (χ0) is 27.5. The maximum absolute atomic E-state index is 12.9. The number of hydrogen-bond donors (Lipinski definition) is 2. The molecular weight excluding hydrogens is 511 g/mol. The first-order valence-corrected chi connectivity index (χ1v) is 13.3. The summed E-state index contributed by atoms with van der Waals surface area (Å²) >= 11 is 0. The molecule has 2 aromatic rings. The highest BCUT2D eigenvalue weighted by molar-refractivity contribution is 5.96. The fourth-order valence-electron chi connectivity index (χ4n) is 5.73. The standard InChI is InChI=1S/C29H32F3N3O4/c30-29(31,32)22-11-7-10-21(15-22)27(37)33-16-25(36)34-23-17-35(18-23)28(12-5-2-6-13-28)26-24(38-19-39-26)14-20-8-3-1-4-9-20/h1,3-4,7-11,15,23H,2,5-6,12-14,16-19H2,(H,33,37)(H,34,36). The van der Waals surface area contributed by atoms with Crippen LogP contribution in [0.4, 0.5) is 13.2 Å². The summed E-state index contributed by atoms with van der Waals surface area (Å²) in [5.41, 5.74) is -0.172. The average Bonchev–Trinajstić information content (AvgIpc) is 3.38. The molecule has 2 fully saturated rings. The number of carbonyl (C=O) groups excluding carboxylic acids is 2. The largest absolute Gasteiger partial charge is 0.458 e. The van der Waals surface area contributed by atoms with Crippen LogP contribution < -0.4 is 10.6 Å². The summed E-state index contributed by atoms with van der Waals surface area (Å²) < 4.78 is 50.8. The Labute approximate surface area is 225 Å². The lowest BCUT2D eigenvalue weighted by Gasteiger charge is -2.53. The van der Waals surface area contributed by atoms with Crippen molar-refractivity contribution >= 4 is 11.8 Å². The van der Waals surface area contributed by atoms with E-state index in [1.807, 2.05) is 18.2 Å². The summed E-state index contributed by atoms with van der Waals surface area (Å²) in [6.07, 6.45) is 1.37. The molecule has 2 amide bonds. The van der Waals surface area contributed by atoms with Crippen LogP contribution in [0.2, 0.25) is 0 Å². The van der Waals surface area contributed by atoms with Crippen LogP contribution in [0.15, 0.2) is 66.1 Å². The number of carbonyl (C=O) groups is 2. The van der Waals surface area contributed by atoms with Crippen molar-refractivity contribution in [3.63, 3.8) is 0 Å². The molecule has 10 heteroatoms. The van der Waals surface area contributed by atoms with E-state index in [1.54, 1.807) is 0 Å². The van der Waals surface area contributed by atoms with Crippen molar-refractivity contribution < 1.29 is 32.2 Å². The van der Waals surface area contributed by atoms with Gasteiger partial charge in [0, 0.05) is 25.1 Å². The van der Waals surface area contributed by atoms with E-state index < -0.39 is 17.6 Å². The summed E-state index contributed by atoms with van der Waals surface area (Å²) in [6, 6.07) is 14.2. The zero-order valence-corrected chi connectivity index (χ0v) is 21.6. The van der Waals surface area contributed by atoms with Gasteiger partial charge >= 0.3 is 6.18 Å². The lowest BCUT2D eigenvalue weighted by Crippen LogP contribution is -2.68. The van der Waals surface area contributed by atoms with E-state index in [2.05, 4.69) is 27.7 Å². The smallest absolute Gasteiger partial charge is 0.416 e. The topological polar surface area (TPSA) is 79.9 Å². The second-order valence-corrected chi connectivity index (χ2v) is 10.3. The Morgan fingerprint density at radius 2 is 1.72 bits per heavy atom. The molecule has 2 N–H and O–H groups in total. The van der Waals surface area contributed by atoms with Gasteiger partial charge in [-0.15, -0.1) is 0 Å². The number of benzene rings is 2. The van der Waals surface area contributed by atoms with Crippen LogP contribution in [-0.4, -0.2) is 54.7 Å². The van der Waals surface area contributed by atoms with Crippen molar-refractivity contribution in [3.8, 4) is 0 Å². The minimum absolute atomic E-state index is 0.0951. The van der Waals surface area contributed by atoms with Crippen molar-refractivity contribution in [2.45, 2.75) is 56.3 Å². The molecule has 2 aliphatic heterocycles. The van der Waals surface area contributed by atoms with Gasteiger partial charge in [-0.25, -0.2) is 0 Å². The molecule has 7 nitrogen and oxygen atoms in total. The van der Waals surface area contributed by atoms with Crippen molar-refractivity contribution in [2.75, 3.05) is 26.4 Å². The fraction of sp³-hybridized carbons (Fsp3) is 0.448. The van der Waals surface area contributed by atoms with Crippen LogP contribution >= 0.6 is 0 Å². The van der Waals surface area contributed by atoms with Gasteiger partial charge in [-0.2, -0.15) is 13.2 Å². The molecular formula is C29H32F3N3O4. The molecule has 5 rings (SSSR count). The molecule has 3 aliphatic rings. The van der Waals surface area contributed by atoms with Gasteiger partial charge in [-0.3, -0.25) is 14.5 Å². The van der Waals surface area contributed by atoms with Crippen molar-refractivity contribution in [3.05, 3.63) is 82.8 Å². The Bertz CT molecular complexity index is 1220. The summed E-state index contributed by atoms with van der Waals surface area (Å²) in [5.74, 6) is 0.656. The molecule has 2 heterocycles. The van der Waals surface area contributed by atoms with Gasteiger partial charge in [0.05, 0.1) is 23.7 Å². The van der Waals surface area contributed by atoms with Crippen LogP contribution in [-0.2, 0) is 26.9 Å². The maximum atomic E-state index is 12.9. The highest BCUT2D eigenvalue weighted by Crippen LogP contribution is 2.45. The van der Waals surface area contributed by atoms with E-state index in [4.69, 9.17) is 9.47 Å². The zero-order valence-electron chi connectivity index (χ0n) is 21.6. The first-order valence-electron chi connectivity index (χ1n) is 13.3. The normalized spacial score (nSPS) is 19.6. The third-order valence-electron chi connectivity index (χ3n) is 7.71. The van der Waals surface area contributed by atoms with Gasteiger partial charge in [-0.05, 0) is 36.6 Å². The molecule has 1 saturated heterocycles. The van der Waals surface area contributed by atoms with Gasteiger partial charge in [0.1, 0.15) is 5.76 Å². The second-order valence-electron chi connectivity index (χ2n) is 10.3. The molecule has 0 aromatic heterocycles. The SMILES string of the molecule is O=C(CNC(=O)c1cccc(C(F)(F)F)c1)NC1CN(C2(C3=C(Cc4ccccc4)OCO3)CCCCC2)C1. The third-order valence-corrected chi connectivity index (χ3v) is 7.71. The Morgan fingerprint density at radius 3 is 2.44 bits per heavy atom. The number of likely N-dealkylation sites (tertiary alicyclic amines) is 1. The molecule has 2 aromatic carbocycles. The van der Waals surface area contributed by atoms with Crippen molar-refractivity contribution in [1.82, 2.24) is 15.5 Å². The molecule has 208 valence electrons. The summed E-state index contributed by atoms with van der Waals surface area (Å²) in [7, 11) is 0. The van der Waals surface area contributed by atoms with E-state index in [-0.39, 0.29) is 36.4 Å². The molecule has 0 spiro atoms. The number of halogens is 3. The maximum Gasteiger partial charge on any atom is 0.416 e. The molecule has 1 aliphatic carbocycles. The molecule has 0 unspecified atom stereocenters. The first kappa shape index (κ1) is 27.1. The molecule has 1 saturated carbocycles. The molecule has 0 bridgehead atoms. The van der Waals surface area contributed by atoms with Gasteiger partial charge in [0.25, 0.3) is 5.91 Å². The number of allylic oxidation sites excluding steroid dienone is 1. The predicted octanol–water partition coefficient (Wildman–Crippen LogP) is 4.40. The number of amides is 2. The van der Waals surface area contributed by atoms with Gasteiger partial charge < -0.3 is 20.1 Å². The quantitative estimate of drug-likeness (QED) is 0.516. The monoisotopic (exact) mass is 543 g/mol. The number of alkyl halides is 3. The summed E-state index contributed by atoms with van der Waals surface area (Å²) in [5, 5.41) is 5.33. The second kappa shape index (κ2) is 11.3. The number of hydrogen-bond acceptors (Lipinski definition) is 5. The van der Waals surface area contributed by atoms with Crippen LogP contribution in [0.5, 0.6) is 0 Å². The molecule has 0 radical (unpaired) electrons. The van der Waals surface area contributed by atoms with E-state index >= 15 is 0 Å². The van der Waals surface area contributed by atoms with Crippen molar-refractivity contribution in [1.29, 1.82) is 0 Å². The van der Waals surface area contributed by atoms with Crippen LogP contribution in [0.25, 0.3) is 0 Å². The van der Waals surface area contributed by atoms with Crippen LogP contribution in [0.3, 0.4) is 0 Å². The van der Waals surface area contributed by atoms with Gasteiger partial charge in [0.15, 0.2) is 5.76 Å².